The number of nitrogens with one attached hydrogen (secondary N) is 2. The van der Waals surface area contributed by atoms with Gasteiger partial charge >= 0.3 is 12.1 Å². The summed E-state index contributed by atoms with van der Waals surface area (Å²) in [5.41, 5.74) is 1.78. The van der Waals surface area contributed by atoms with E-state index >= 15 is 0 Å². The summed E-state index contributed by atoms with van der Waals surface area (Å²) in [6.45, 7) is 9.72. The predicted octanol–water partition coefficient (Wildman–Crippen LogP) is 3.11. The molecule has 0 aliphatic carbocycles. The quantitative estimate of drug-likeness (QED) is 0.815. The lowest BCUT2D eigenvalue weighted by Crippen LogP contribution is -2.38. The number of benzene rings is 1. The normalized spacial score (nSPS) is 12.3. The third-order valence-corrected chi connectivity index (χ3v) is 3.01. The first-order valence-electron chi connectivity index (χ1n) is 7.54. The van der Waals surface area contributed by atoms with E-state index in [0.717, 1.165) is 11.3 Å². The van der Waals surface area contributed by atoms with Gasteiger partial charge in [0.05, 0.1) is 12.7 Å². The average molecular weight is 322 g/mol. The van der Waals surface area contributed by atoms with Crippen LogP contribution in [0.25, 0.3) is 0 Å². The minimum absolute atomic E-state index is 0.0332. The number of carbonyl (C=O) groups excluding carboxylic acids is 2. The molecule has 0 aliphatic rings. The number of rotatable bonds is 5. The summed E-state index contributed by atoms with van der Waals surface area (Å²) in [5.74, 6) is -0.382. The van der Waals surface area contributed by atoms with Gasteiger partial charge in [-0.2, -0.15) is 0 Å². The van der Waals surface area contributed by atoms with Crippen molar-refractivity contribution in [1.29, 1.82) is 0 Å². The summed E-state index contributed by atoms with van der Waals surface area (Å²) in [6.07, 6.45) is -0.453. The third-order valence-electron chi connectivity index (χ3n) is 3.01. The standard InChI is InChI=1S/C17H26N2O4/c1-11-7-8-13(15(20)22-6)9-14(11)19-12(2)10-18-16(21)23-17(3,4)5/h7-9,12,19H,10H2,1-6H3,(H,18,21). The van der Waals surface area contributed by atoms with Crippen LogP contribution in [0.1, 0.15) is 43.6 Å². The van der Waals surface area contributed by atoms with Gasteiger partial charge in [0.15, 0.2) is 0 Å². The van der Waals surface area contributed by atoms with Crippen LogP contribution in [0.4, 0.5) is 10.5 Å². The molecule has 1 aromatic carbocycles. The van der Waals surface area contributed by atoms with Gasteiger partial charge in [-0.15, -0.1) is 0 Å². The van der Waals surface area contributed by atoms with Gasteiger partial charge in [0, 0.05) is 18.3 Å². The fourth-order valence-electron chi connectivity index (χ4n) is 1.89. The zero-order valence-corrected chi connectivity index (χ0v) is 14.6. The zero-order valence-electron chi connectivity index (χ0n) is 14.6. The Balaban J connectivity index is 2.62. The molecule has 0 aromatic heterocycles. The summed E-state index contributed by atoms with van der Waals surface area (Å²) in [6, 6.07) is 5.28. The van der Waals surface area contributed by atoms with Gasteiger partial charge in [0.2, 0.25) is 0 Å². The Morgan fingerprint density at radius 3 is 2.48 bits per heavy atom. The van der Waals surface area contributed by atoms with E-state index in [1.54, 1.807) is 12.1 Å². The Hall–Kier alpha value is -2.24. The van der Waals surface area contributed by atoms with Crippen molar-refractivity contribution in [3.05, 3.63) is 29.3 Å². The van der Waals surface area contributed by atoms with Crippen molar-refractivity contribution in [3.63, 3.8) is 0 Å². The van der Waals surface area contributed by atoms with Crippen LogP contribution in [0.5, 0.6) is 0 Å². The van der Waals surface area contributed by atoms with Crippen LogP contribution in [0.15, 0.2) is 18.2 Å². The van der Waals surface area contributed by atoms with Crippen molar-refractivity contribution in [2.45, 2.75) is 46.3 Å². The van der Waals surface area contributed by atoms with E-state index in [2.05, 4.69) is 10.6 Å². The number of carbonyl (C=O) groups is 2. The number of amides is 1. The molecule has 1 unspecified atom stereocenters. The maximum Gasteiger partial charge on any atom is 0.407 e. The molecule has 1 atom stereocenters. The molecule has 1 amide bonds. The molecule has 0 heterocycles. The second-order valence-corrected chi connectivity index (χ2v) is 6.45. The van der Waals surface area contributed by atoms with Crippen LogP contribution in [0.3, 0.4) is 0 Å². The molecule has 6 nitrogen and oxygen atoms in total. The van der Waals surface area contributed by atoms with E-state index in [-0.39, 0.29) is 12.0 Å². The number of hydrogen-bond acceptors (Lipinski definition) is 5. The van der Waals surface area contributed by atoms with Crippen molar-refractivity contribution in [3.8, 4) is 0 Å². The molecule has 0 saturated carbocycles. The maximum absolute atomic E-state index is 11.6. The second-order valence-electron chi connectivity index (χ2n) is 6.45. The third kappa shape index (κ3) is 6.59. The Morgan fingerprint density at radius 1 is 1.26 bits per heavy atom. The number of alkyl carbamates (subject to hydrolysis) is 1. The fourth-order valence-corrected chi connectivity index (χ4v) is 1.89. The molecule has 6 heteroatoms. The van der Waals surface area contributed by atoms with E-state index in [0.29, 0.717) is 12.1 Å². The number of ether oxygens (including phenoxy) is 2. The molecule has 0 radical (unpaired) electrons. The predicted molar refractivity (Wildman–Crippen MR) is 89.8 cm³/mol. The summed E-state index contributed by atoms with van der Waals surface area (Å²) in [5, 5.41) is 5.98. The topological polar surface area (TPSA) is 76.7 Å². The highest BCUT2D eigenvalue weighted by Crippen LogP contribution is 2.18. The molecule has 0 aliphatic heterocycles. The van der Waals surface area contributed by atoms with E-state index in [1.165, 1.54) is 7.11 Å². The first kappa shape index (κ1) is 18.8. The van der Waals surface area contributed by atoms with Gasteiger partial charge in [-0.05, 0) is 52.3 Å². The molecule has 0 spiro atoms. The minimum atomic E-state index is -0.522. The molecular formula is C17H26N2O4. The van der Waals surface area contributed by atoms with Gasteiger partial charge in [-0.3, -0.25) is 0 Å². The zero-order chi connectivity index (χ0) is 17.6. The summed E-state index contributed by atoms with van der Waals surface area (Å²) in [7, 11) is 1.35. The number of aryl methyl sites for hydroxylation is 1. The number of anilines is 1. The number of hydrogen-bond donors (Lipinski definition) is 2. The van der Waals surface area contributed by atoms with Gasteiger partial charge in [-0.25, -0.2) is 9.59 Å². The monoisotopic (exact) mass is 322 g/mol. The lowest BCUT2D eigenvalue weighted by Gasteiger charge is -2.22. The molecule has 0 bridgehead atoms. The number of methoxy groups -OCH3 is 1. The first-order valence-corrected chi connectivity index (χ1v) is 7.54. The highest BCUT2D eigenvalue weighted by Gasteiger charge is 2.16. The highest BCUT2D eigenvalue weighted by molar-refractivity contribution is 5.90. The Kier molecular flexibility index (Phi) is 6.42. The minimum Gasteiger partial charge on any atom is -0.465 e. The van der Waals surface area contributed by atoms with Crippen molar-refractivity contribution >= 4 is 17.7 Å². The summed E-state index contributed by atoms with van der Waals surface area (Å²) >= 11 is 0. The smallest absolute Gasteiger partial charge is 0.407 e. The van der Waals surface area contributed by atoms with Gasteiger partial charge in [0.1, 0.15) is 5.60 Å². The summed E-state index contributed by atoms with van der Waals surface area (Å²) < 4.78 is 9.91. The van der Waals surface area contributed by atoms with E-state index < -0.39 is 11.7 Å². The molecule has 0 saturated heterocycles. The van der Waals surface area contributed by atoms with Gasteiger partial charge in [-0.1, -0.05) is 6.07 Å². The van der Waals surface area contributed by atoms with Crippen molar-refractivity contribution in [1.82, 2.24) is 5.32 Å². The first-order chi connectivity index (χ1) is 10.6. The second kappa shape index (κ2) is 7.85. The highest BCUT2D eigenvalue weighted by atomic mass is 16.6. The van der Waals surface area contributed by atoms with Crippen molar-refractivity contribution < 1.29 is 19.1 Å². The SMILES string of the molecule is COC(=O)c1ccc(C)c(NC(C)CNC(=O)OC(C)(C)C)c1. The maximum atomic E-state index is 11.6. The lowest BCUT2D eigenvalue weighted by molar-refractivity contribution is 0.0525. The van der Waals surface area contributed by atoms with E-state index in [9.17, 15) is 9.59 Å². The van der Waals surface area contributed by atoms with E-state index in [4.69, 9.17) is 9.47 Å². The lowest BCUT2D eigenvalue weighted by atomic mass is 10.1. The van der Waals surface area contributed by atoms with Crippen LogP contribution >= 0.6 is 0 Å². The number of esters is 1. The molecule has 1 rings (SSSR count). The average Bonchev–Trinajstić information content (AvgIpc) is 2.45. The summed E-state index contributed by atoms with van der Waals surface area (Å²) in [4.78, 5) is 23.2. The van der Waals surface area contributed by atoms with E-state index in [1.807, 2.05) is 40.7 Å². The largest absolute Gasteiger partial charge is 0.465 e. The van der Waals surface area contributed by atoms with Crippen LogP contribution in [-0.2, 0) is 9.47 Å². The molecule has 2 N–H and O–H groups in total. The van der Waals surface area contributed by atoms with Crippen LogP contribution in [0, 0.1) is 6.92 Å². The Labute approximate surface area is 137 Å². The van der Waals surface area contributed by atoms with Gasteiger partial charge in [0.25, 0.3) is 0 Å². The van der Waals surface area contributed by atoms with Crippen LogP contribution < -0.4 is 10.6 Å². The van der Waals surface area contributed by atoms with Crippen LogP contribution in [0.2, 0.25) is 0 Å². The van der Waals surface area contributed by atoms with Crippen molar-refractivity contribution in [2.75, 3.05) is 19.0 Å². The molecule has 0 fully saturated rings. The molecular weight excluding hydrogens is 296 g/mol. The van der Waals surface area contributed by atoms with Gasteiger partial charge < -0.3 is 20.1 Å². The molecule has 1 aromatic rings. The van der Waals surface area contributed by atoms with Crippen molar-refractivity contribution in [2.24, 2.45) is 0 Å². The molecule has 128 valence electrons. The molecule has 23 heavy (non-hydrogen) atoms. The van der Waals surface area contributed by atoms with Crippen LogP contribution in [-0.4, -0.2) is 37.4 Å². The Morgan fingerprint density at radius 2 is 1.91 bits per heavy atom. The Bertz CT molecular complexity index is 564. The fraction of sp³-hybridized carbons (Fsp3) is 0.529.